The molecule has 19 heavy (non-hydrogen) atoms. The predicted octanol–water partition coefficient (Wildman–Crippen LogP) is 2.62. The average molecular weight is 253 g/mol. The molecule has 1 aromatic heterocycles. The third-order valence-corrected chi connectivity index (χ3v) is 2.99. The molecule has 1 heterocycles. The number of benzene rings is 1. The van der Waals surface area contributed by atoms with E-state index in [9.17, 15) is 4.79 Å². The Morgan fingerprint density at radius 2 is 1.95 bits per heavy atom. The second-order valence-corrected chi connectivity index (χ2v) is 4.44. The summed E-state index contributed by atoms with van der Waals surface area (Å²) in [6, 6.07) is 12.9. The van der Waals surface area contributed by atoms with Crippen LogP contribution in [0.2, 0.25) is 0 Å². The van der Waals surface area contributed by atoms with Crippen molar-refractivity contribution in [1.29, 1.82) is 5.26 Å². The van der Waals surface area contributed by atoms with Crippen molar-refractivity contribution < 1.29 is 4.79 Å². The van der Waals surface area contributed by atoms with Gasteiger partial charge < -0.3 is 9.88 Å². The van der Waals surface area contributed by atoms with E-state index in [4.69, 9.17) is 5.26 Å². The lowest BCUT2D eigenvalue weighted by atomic mass is 10.2. The van der Waals surface area contributed by atoms with Crippen LogP contribution in [0.5, 0.6) is 0 Å². The Bertz CT molecular complexity index is 630. The van der Waals surface area contributed by atoms with Crippen LogP contribution in [0.25, 0.3) is 0 Å². The maximum Gasteiger partial charge on any atom is 0.244 e. The van der Waals surface area contributed by atoms with Crippen LogP contribution in [0.3, 0.4) is 0 Å². The summed E-state index contributed by atoms with van der Waals surface area (Å²) < 4.78 is 1.95. The van der Waals surface area contributed by atoms with E-state index >= 15 is 0 Å². The van der Waals surface area contributed by atoms with Gasteiger partial charge in [0.1, 0.15) is 6.54 Å². The first kappa shape index (κ1) is 12.9. The fourth-order valence-electron chi connectivity index (χ4n) is 1.96. The lowest BCUT2D eigenvalue weighted by Crippen LogP contribution is -2.20. The Hall–Kier alpha value is -2.54. The van der Waals surface area contributed by atoms with E-state index in [-0.39, 0.29) is 12.5 Å². The van der Waals surface area contributed by atoms with Crippen molar-refractivity contribution in [2.75, 3.05) is 5.32 Å². The smallest absolute Gasteiger partial charge is 0.244 e. The zero-order chi connectivity index (χ0) is 13.8. The summed E-state index contributed by atoms with van der Waals surface area (Å²) in [6.45, 7) is 4.22. The molecule has 0 saturated carbocycles. The molecule has 1 N–H and O–H groups in total. The zero-order valence-corrected chi connectivity index (χ0v) is 11.0. The summed E-state index contributed by atoms with van der Waals surface area (Å²) in [4.78, 5) is 12.0. The summed E-state index contributed by atoms with van der Waals surface area (Å²) in [5.41, 5.74) is 3.29. The van der Waals surface area contributed by atoms with Crippen molar-refractivity contribution in [1.82, 2.24) is 4.57 Å². The van der Waals surface area contributed by atoms with Crippen molar-refractivity contribution in [3.8, 4) is 6.07 Å². The number of rotatable bonds is 3. The summed E-state index contributed by atoms with van der Waals surface area (Å²) in [6.07, 6.45) is 0. The highest BCUT2D eigenvalue weighted by atomic mass is 16.1. The second kappa shape index (κ2) is 5.40. The Morgan fingerprint density at radius 1 is 1.26 bits per heavy atom. The fourth-order valence-corrected chi connectivity index (χ4v) is 1.96. The first-order valence-corrected chi connectivity index (χ1v) is 6.03. The minimum atomic E-state index is -0.0995. The minimum absolute atomic E-state index is 0.0995. The highest BCUT2D eigenvalue weighted by Gasteiger charge is 2.07. The third-order valence-electron chi connectivity index (χ3n) is 2.99. The molecule has 0 aliphatic heterocycles. The lowest BCUT2D eigenvalue weighted by Gasteiger charge is -2.10. The molecular weight excluding hydrogens is 238 g/mol. The van der Waals surface area contributed by atoms with Gasteiger partial charge in [0.2, 0.25) is 5.91 Å². The molecule has 0 aliphatic carbocycles. The molecule has 4 nitrogen and oxygen atoms in total. The molecule has 1 amide bonds. The van der Waals surface area contributed by atoms with E-state index in [1.807, 2.05) is 36.6 Å². The molecule has 0 radical (unpaired) electrons. The van der Waals surface area contributed by atoms with Gasteiger partial charge in [0, 0.05) is 17.1 Å². The normalized spacial score (nSPS) is 9.95. The number of anilines is 1. The topological polar surface area (TPSA) is 57.8 Å². The van der Waals surface area contributed by atoms with E-state index in [0.717, 1.165) is 11.4 Å². The molecule has 2 aromatic rings. The van der Waals surface area contributed by atoms with Crippen molar-refractivity contribution in [2.24, 2.45) is 0 Å². The maximum absolute atomic E-state index is 12.0. The predicted molar refractivity (Wildman–Crippen MR) is 73.7 cm³/mol. The second-order valence-electron chi connectivity index (χ2n) is 4.44. The van der Waals surface area contributed by atoms with Crippen LogP contribution >= 0.6 is 0 Å². The quantitative estimate of drug-likeness (QED) is 0.914. The molecule has 96 valence electrons. The zero-order valence-electron chi connectivity index (χ0n) is 11.0. The van der Waals surface area contributed by atoms with E-state index in [0.29, 0.717) is 11.3 Å². The van der Waals surface area contributed by atoms with Gasteiger partial charge in [-0.15, -0.1) is 0 Å². The van der Waals surface area contributed by atoms with E-state index < -0.39 is 0 Å². The van der Waals surface area contributed by atoms with Crippen molar-refractivity contribution in [2.45, 2.75) is 20.4 Å². The molecule has 0 fully saturated rings. The summed E-state index contributed by atoms with van der Waals surface area (Å²) in [5, 5.41) is 11.6. The Kier molecular flexibility index (Phi) is 3.67. The van der Waals surface area contributed by atoms with Gasteiger partial charge in [0.05, 0.1) is 11.6 Å². The summed E-state index contributed by atoms with van der Waals surface area (Å²) in [5.74, 6) is -0.0995. The molecule has 0 atom stereocenters. The van der Waals surface area contributed by atoms with Crippen LogP contribution < -0.4 is 5.32 Å². The number of carbonyl (C=O) groups is 1. The van der Waals surface area contributed by atoms with Gasteiger partial charge in [-0.05, 0) is 44.2 Å². The molecule has 0 saturated heterocycles. The monoisotopic (exact) mass is 253 g/mol. The van der Waals surface area contributed by atoms with Gasteiger partial charge >= 0.3 is 0 Å². The Balaban J connectivity index is 2.08. The van der Waals surface area contributed by atoms with Crippen LogP contribution in [0.15, 0.2) is 36.4 Å². The molecule has 0 bridgehead atoms. The van der Waals surface area contributed by atoms with Crippen molar-refractivity contribution in [3.63, 3.8) is 0 Å². The van der Waals surface area contributed by atoms with Gasteiger partial charge in [0.25, 0.3) is 0 Å². The van der Waals surface area contributed by atoms with Crippen LogP contribution in [0, 0.1) is 25.2 Å². The van der Waals surface area contributed by atoms with Gasteiger partial charge in [-0.3, -0.25) is 4.79 Å². The molecule has 2 rings (SSSR count). The largest absolute Gasteiger partial charge is 0.340 e. The summed E-state index contributed by atoms with van der Waals surface area (Å²) in [7, 11) is 0. The highest BCUT2D eigenvalue weighted by molar-refractivity contribution is 5.90. The van der Waals surface area contributed by atoms with Crippen LogP contribution in [0.4, 0.5) is 5.69 Å². The number of carbonyl (C=O) groups excluding carboxylic acids is 1. The SMILES string of the molecule is Cc1ccc(C)n1CC(=O)Nc1cccc(C#N)c1. The van der Waals surface area contributed by atoms with E-state index in [1.54, 1.807) is 24.3 Å². The van der Waals surface area contributed by atoms with Crippen LogP contribution in [-0.2, 0) is 11.3 Å². The third kappa shape index (κ3) is 3.02. The van der Waals surface area contributed by atoms with E-state index in [1.165, 1.54) is 0 Å². The number of nitrogens with zero attached hydrogens (tertiary/aromatic N) is 2. The molecule has 1 aromatic carbocycles. The van der Waals surface area contributed by atoms with Crippen LogP contribution in [-0.4, -0.2) is 10.5 Å². The van der Waals surface area contributed by atoms with Gasteiger partial charge in [0.15, 0.2) is 0 Å². The first-order chi connectivity index (χ1) is 9.10. The Morgan fingerprint density at radius 3 is 2.58 bits per heavy atom. The molecule has 0 spiro atoms. The standard InChI is InChI=1S/C15H15N3O/c1-11-6-7-12(2)18(11)10-15(19)17-14-5-3-4-13(8-14)9-16/h3-8H,10H2,1-2H3,(H,17,19). The average Bonchev–Trinajstić information content (AvgIpc) is 2.71. The maximum atomic E-state index is 12.0. The molecule has 4 heteroatoms. The van der Waals surface area contributed by atoms with Crippen molar-refractivity contribution >= 4 is 11.6 Å². The molecular formula is C15H15N3O. The highest BCUT2D eigenvalue weighted by Crippen LogP contribution is 2.11. The lowest BCUT2D eigenvalue weighted by molar-refractivity contribution is -0.116. The number of aromatic nitrogens is 1. The first-order valence-electron chi connectivity index (χ1n) is 6.03. The minimum Gasteiger partial charge on any atom is -0.340 e. The summed E-state index contributed by atoms with van der Waals surface area (Å²) >= 11 is 0. The number of hydrogen-bond donors (Lipinski definition) is 1. The number of aryl methyl sites for hydroxylation is 2. The number of hydrogen-bond acceptors (Lipinski definition) is 2. The number of nitrogens with one attached hydrogen (secondary N) is 1. The van der Waals surface area contributed by atoms with E-state index in [2.05, 4.69) is 5.32 Å². The van der Waals surface area contributed by atoms with Crippen LogP contribution in [0.1, 0.15) is 17.0 Å². The van der Waals surface area contributed by atoms with Gasteiger partial charge in [-0.25, -0.2) is 0 Å². The molecule has 0 aliphatic rings. The van der Waals surface area contributed by atoms with Crippen molar-refractivity contribution in [3.05, 3.63) is 53.3 Å². The Labute approximate surface area is 112 Å². The van der Waals surface area contributed by atoms with Gasteiger partial charge in [-0.2, -0.15) is 5.26 Å². The number of amides is 1. The number of nitriles is 1. The van der Waals surface area contributed by atoms with Gasteiger partial charge in [-0.1, -0.05) is 6.07 Å². The fraction of sp³-hybridized carbons (Fsp3) is 0.200. The molecule has 0 unspecified atom stereocenters.